The molecule has 0 aromatic heterocycles. The molecule has 94 valence electrons. The average Bonchev–Trinajstić information content (AvgIpc) is 2.11. The Labute approximate surface area is 100 Å². The van der Waals surface area contributed by atoms with Crippen molar-refractivity contribution in [2.75, 3.05) is 0 Å². The van der Waals surface area contributed by atoms with Gasteiger partial charge in [-0.2, -0.15) is 0 Å². The first-order chi connectivity index (χ1) is 8.33. The number of alkyl carbamates (subject to hydrolysis) is 1. The third-order valence-electron chi connectivity index (χ3n) is 1.58. The molecule has 0 fully saturated rings. The average molecular weight is 234 g/mol. The van der Waals surface area contributed by atoms with Gasteiger partial charge in [0.05, 0.1) is 0 Å². The molecule has 0 bridgehead atoms. The number of carbonyl (C=O) groups is 2. The number of carboxylic acid groups (broad SMARTS) is 1. The summed E-state index contributed by atoms with van der Waals surface area (Å²) in [7, 11) is 0. The fourth-order valence-corrected chi connectivity index (χ4v) is 1.02. The molecule has 0 radical (unpaired) electrons. The second kappa shape index (κ2) is 5.72. The first-order valence-electron chi connectivity index (χ1n) is 6.55. The summed E-state index contributed by atoms with van der Waals surface area (Å²) in [5.41, 5.74) is -0.747. The molecule has 0 saturated heterocycles. The summed E-state index contributed by atoms with van der Waals surface area (Å²) in [6, 6.07) is -1.29. The topological polar surface area (TPSA) is 75.6 Å². The maximum atomic E-state index is 11.5. The van der Waals surface area contributed by atoms with Gasteiger partial charge in [0.1, 0.15) is 11.6 Å². The van der Waals surface area contributed by atoms with Gasteiger partial charge >= 0.3 is 12.1 Å². The van der Waals surface area contributed by atoms with E-state index in [0.717, 1.165) is 0 Å². The molecule has 0 aliphatic rings. The number of carboxylic acids is 1. The molecule has 16 heavy (non-hydrogen) atoms. The molecule has 5 nitrogen and oxygen atoms in total. The van der Waals surface area contributed by atoms with E-state index in [2.05, 4.69) is 5.32 Å². The lowest BCUT2D eigenvalue weighted by molar-refractivity contribution is -0.139. The Hall–Kier alpha value is -1.26. The Morgan fingerprint density at radius 3 is 2.44 bits per heavy atom. The number of amides is 1. The van der Waals surface area contributed by atoms with Crippen LogP contribution in [0.3, 0.4) is 0 Å². The summed E-state index contributed by atoms with van der Waals surface area (Å²) in [5, 5.41) is 11.1. The first-order valence-corrected chi connectivity index (χ1v) is 5.05. The quantitative estimate of drug-likeness (QED) is 0.780. The highest BCUT2D eigenvalue weighted by molar-refractivity contribution is 5.79. The van der Waals surface area contributed by atoms with E-state index in [4.69, 9.17) is 14.0 Å². The highest BCUT2D eigenvalue weighted by atomic mass is 16.6. The van der Waals surface area contributed by atoms with E-state index in [1.54, 1.807) is 20.8 Å². The van der Waals surface area contributed by atoms with E-state index in [1.807, 2.05) is 0 Å². The van der Waals surface area contributed by atoms with E-state index in [-0.39, 0.29) is 6.42 Å². The van der Waals surface area contributed by atoms with Gasteiger partial charge in [0, 0.05) is 4.11 Å². The Balaban J connectivity index is 4.60. The normalized spacial score (nSPS) is 18.6. The summed E-state index contributed by atoms with van der Waals surface area (Å²) in [6.07, 6.45) is -1.07. The van der Waals surface area contributed by atoms with E-state index in [1.165, 1.54) is 6.92 Å². The maximum absolute atomic E-state index is 11.5. The number of hydrogen-bond donors (Lipinski definition) is 2. The summed E-state index contributed by atoms with van der Waals surface area (Å²) in [4.78, 5) is 22.5. The lowest BCUT2D eigenvalue weighted by Gasteiger charge is -2.22. The largest absolute Gasteiger partial charge is 0.480 e. The monoisotopic (exact) mass is 234 g/mol. The van der Waals surface area contributed by atoms with Crippen LogP contribution >= 0.6 is 0 Å². The fourth-order valence-electron chi connectivity index (χ4n) is 1.02. The molecule has 2 N–H and O–H groups in total. The standard InChI is InChI=1S/C11H21NO4/c1-7(2)6-8(9(13)14)12-10(15)16-11(3,4)5/h7-8H,6H2,1-5H3,(H,12,15)(H,13,14)/t8-/m0/s1/i1D3/t7?,8-. The van der Waals surface area contributed by atoms with Crippen molar-refractivity contribution in [3.63, 3.8) is 0 Å². The van der Waals surface area contributed by atoms with Crippen LogP contribution < -0.4 is 5.32 Å². The minimum Gasteiger partial charge on any atom is -0.480 e. The van der Waals surface area contributed by atoms with Gasteiger partial charge in [-0.15, -0.1) is 0 Å². The van der Waals surface area contributed by atoms with Gasteiger partial charge in [0.25, 0.3) is 0 Å². The van der Waals surface area contributed by atoms with Gasteiger partial charge in [-0.1, -0.05) is 13.8 Å². The molecule has 0 aliphatic heterocycles. The Bertz CT molecular complexity index is 336. The van der Waals surface area contributed by atoms with Crippen LogP contribution in [0, 0.1) is 5.92 Å². The van der Waals surface area contributed by atoms with E-state index in [0.29, 0.717) is 0 Å². The highest BCUT2D eigenvalue weighted by Gasteiger charge is 2.24. The smallest absolute Gasteiger partial charge is 0.408 e. The number of hydrogen-bond acceptors (Lipinski definition) is 3. The zero-order valence-electron chi connectivity index (χ0n) is 13.0. The SMILES string of the molecule is [2H]C([2H])([2H])C(C)C[C@H](NC(=O)OC(C)(C)C)C(=O)O. The molecule has 2 atom stereocenters. The zero-order valence-corrected chi connectivity index (χ0v) is 10.0. The van der Waals surface area contributed by atoms with Gasteiger partial charge in [-0.3, -0.25) is 0 Å². The molecule has 1 unspecified atom stereocenters. The van der Waals surface area contributed by atoms with E-state index < -0.39 is 36.5 Å². The van der Waals surface area contributed by atoms with Gasteiger partial charge in [0.15, 0.2) is 0 Å². The molecule has 0 rings (SSSR count). The van der Waals surface area contributed by atoms with Crippen LogP contribution in [0.15, 0.2) is 0 Å². The zero-order chi connectivity index (χ0) is 15.4. The lowest BCUT2D eigenvalue weighted by Crippen LogP contribution is -2.44. The van der Waals surface area contributed by atoms with Crippen LogP contribution in [0.1, 0.15) is 45.1 Å². The fraction of sp³-hybridized carbons (Fsp3) is 0.818. The van der Waals surface area contributed by atoms with E-state index in [9.17, 15) is 9.59 Å². The van der Waals surface area contributed by atoms with Crippen LogP contribution in [0.2, 0.25) is 0 Å². The molecule has 0 saturated carbocycles. The number of aliphatic carboxylic acids is 1. The molecule has 1 amide bonds. The Morgan fingerprint density at radius 1 is 1.50 bits per heavy atom. The van der Waals surface area contributed by atoms with Crippen molar-refractivity contribution in [1.29, 1.82) is 0 Å². The number of rotatable bonds is 4. The van der Waals surface area contributed by atoms with Crippen LogP contribution in [0.25, 0.3) is 0 Å². The van der Waals surface area contributed by atoms with Crippen LogP contribution in [0.5, 0.6) is 0 Å². The Kier molecular flexibility index (Phi) is 3.55. The molecule has 0 aromatic carbocycles. The Morgan fingerprint density at radius 2 is 2.06 bits per heavy atom. The number of ether oxygens (including phenoxy) is 1. The minimum absolute atomic E-state index is 0.189. The van der Waals surface area contributed by atoms with E-state index >= 15 is 0 Å². The molecular formula is C11H21NO4. The van der Waals surface area contributed by atoms with Crippen molar-refractivity contribution in [1.82, 2.24) is 5.32 Å². The van der Waals surface area contributed by atoms with Crippen molar-refractivity contribution in [3.05, 3.63) is 0 Å². The number of nitrogens with one attached hydrogen (secondary N) is 1. The molecule has 0 heterocycles. The molecule has 5 heteroatoms. The van der Waals surface area contributed by atoms with Crippen LogP contribution in [-0.4, -0.2) is 28.8 Å². The third kappa shape index (κ3) is 7.09. The summed E-state index contributed by atoms with van der Waals surface area (Å²) >= 11 is 0. The van der Waals surface area contributed by atoms with Crippen molar-refractivity contribution >= 4 is 12.1 Å². The molecule has 0 aromatic rings. The summed E-state index contributed by atoms with van der Waals surface area (Å²) < 4.78 is 26.5. The van der Waals surface area contributed by atoms with Crippen molar-refractivity contribution in [3.8, 4) is 0 Å². The van der Waals surface area contributed by atoms with Gasteiger partial charge in [-0.05, 0) is 33.1 Å². The predicted octanol–water partition coefficient (Wildman–Crippen LogP) is 2.01. The first kappa shape index (κ1) is 9.93. The second-order valence-electron chi connectivity index (χ2n) is 4.67. The van der Waals surface area contributed by atoms with Gasteiger partial charge in [0.2, 0.25) is 0 Å². The minimum atomic E-state index is -2.26. The van der Waals surface area contributed by atoms with Crippen molar-refractivity contribution < 1.29 is 23.5 Å². The summed E-state index contributed by atoms with van der Waals surface area (Å²) in [5.74, 6) is -2.13. The van der Waals surface area contributed by atoms with Gasteiger partial charge < -0.3 is 15.2 Å². The summed E-state index contributed by atoms with van der Waals surface area (Å²) in [6.45, 7) is 4.09. The number of carbonyl (C=O) groups excluding carboxylic acids is 1. The second-order valence-corrected chi connectivity index (χ2v) is 4.67. The van der Waals surface area contributed by atoms with Crippen LogP contribution in [-0.2, 0) is 9.53 Å². The molecule has 0 aliphatic carbocycles. The van der Waals surface area contributed by atoms with Crippen molar-refractivity contribution in [2.24, 2.45) is 5.92 Å². The van der Waals surface area contributed by atoms with Crippen molar-refractivity contribution in [2.45, 2.75) is 52.6 Å². The predicted molar refractivity (Wildman–Crippen MR) is 60.2 cm³/mol. The maximum Gasteiger partial charge on any atom is 0.408 e. The van der Waals surface area contributed by atoms with Crippen LogP contribution in [0.4, 0.5) is 4.79 Å². The third-order valence-corrected chi connectivity index (χ3v) is 1.58. The molecular weight excluding hydrogens is 210 g/mol. The van der Waals surface area contributed by atoms with Gasteiger partial charge in [-0.25, -0.2) is 9.59 Å². The molecule has 0 spiro atoms. The highest BCUT2D eigenvalue weighted by Crippen LogP contribution is 2.09. The lowest BCUT2D eigenvalue weighted by atomic mass is 10.0.